The third-order valence-corrected chi connectivity index (χ3v) is 5.93. The summed E-state index contributed by atoms with van der Waals surface area (Å²) in [5, 5.41) is 7.06. The molecule has 1 aliphatic carbocycles. The number of nitrogens with two attached hydrogens (primary N) is 1. The van der Waals surface area contributed by atoms with Crippen molar-refractivity contribution in [2.75, 3.05) is 11.1 Å². The van der Waals surface area contributed by atoms with Crippen LogP contribution in [0, 0.1) is 0 Å². The Labute approximate surface area is 168 Å². The number of anilines is 2. The number of fused-ring (bicyclic) bond motifs is 2. The summed E-state index contributed by atoms with van der Waals surface area (Å²) in [6.07, 6.45) is 8.06. The van der Waals surface area contributed by atoms with Crippen LogP contribution in [0.15, 0.2) is 53.1 Å². The summed E-state index contributed by atoms with van der Waals surface area (Å²) < 4.78 is 6.09. The second kappa shape index (κ2) is 7.02. The SMILES string of the molecule is Nc1ncc(-c2cc3ccccc3o2)c2cc(NC3CCCCC3)cc(Cl)c12. The normalized spacial score (nSPS) is 15.3. The van der Waals surface area contributed by atoms with Crippen LogP contribution in [0.1, 0.15) is 32.1 Å². The molecule has 0 spiro atoms. The van der Waals surface area contributed by atoms with E-state index in [9.17, 15) is 0 Å². The van der Waals surface area contributed by atoms with Crippen LogP contribution in [0.2, 0.25) is 5.02 Å². The fraction of sp³-hybridized carbons (Fsp3) is 0.261. The monoisotopic (exact) mass is 391 g/mol. The second-order valence-corrected chi connectivity index (χ2v) is 7.97. The van der Waals surface area contributed by atoms with Gasteiger partial charge >= 0.3 is 0 Å². The van der Waals surface area contributed by atoms with Gasteiger partial charge in [-0.15, -0.1) is 0 Å². The zero-order chi connectivity index (χ0) is 19.1. The van der Waals surface area contributed by atoms with Crippen molar-refractivity contribution in [3.05, 3.63) is 53.7 Å². The lowest BCUT2D eigenvalue weighted by Gasteiger charge is -2.24. The van der Waals surface area contributed by atoms with Crippen LogP contribution in [0.3, 0.4) is 0 Å². The third-order valence-electron chi connectivity index (χ3n) is 5.64. The van der Waals surface area contributed by atoms with E-state index in [0.29, 0.717) is 16.9 Å². The van der Waals surface area contributed by atoms with Crippen LogP contribution in [0.5, 0.6) is 0 Å². The van der Waals surface area contributed by atoms with Crippen LogP contribution in [0.25, 0.3) is 33.1 Å². The van der Waals surface area contributed by atoms with Gasteiger partial charge in [-0.2, -0.15) is 0 Å². The number of hydrogen-bond donors (Lipinski definition) is 2. The molecule has 0 saturated heterocycles. The van der Waals surface area contributed by atoms with Crippen molar-refractivity contribution < 1.29 is 4.42 Å². The van der Waals surface area contributed by atoms with Gasteiger partial charge in [0, 0.05) is 39.6 Å². The van der Waals surface area contributed by atoms with E-state index in [0.717, 1.165) is 38.8 Å². The minimum atomic E-state index is 0.434. The molecule has 0 atom stereocenters. The van der Waals surface area contributed by atoms with Crippen molar-refractivity contribution in [3.63, 3.8) is 0 Å². The number of hydrogen-bond acceptors (Lipinski definition) is 4. The van der Waals surface area contributed by atoms with Gasteiger partial charge in [0.2, 0.25) is 0 Å². The molecule has 0 aliphatic heterocycles. The molecule has 28 heavy (non-hydrogen) atoms. The zero-order valence-electron chi connectivity index (χ0n) is 15.5. The van der Waals surface area contributed by atoms with Crippen molar-refractivity contribution in [3.8, 4) is 11.3 Å². The molecule has 0 bridgehead atoms. The molecule has 4 nitrogen and oxygen atoms in total. The maximum absolute atomic E-state index is 6.63. The predicted octanol–water partition coefficient (Wildman–Crippen LogP) is 6.63. The van der Waals surface area contributed by atoms with Crippen molar-refractivity contribution in [1.82, 2.24) is 4.98 Å². The minimum Gasteiger partial charge on any atom is -0.456 e. The van der Waals surface area contributed by atoms with Gasteiger partial charge in [-0.25, -0.2) is 4.98 Å². The number of halogens is 1. The molecule has 4 aromatic rings. The number of pyridine rings is 1. The van der Waals surface area contributed by atoms with Gasteiger partial charge in [0.15, 0.2) is 0 Å². The van der Waals surface area contributed by atoms with E-state index >= 15 is 0 Å². The van der Waals surface area contributed by atoms with Gasteiger partial charge in [0.05, 0.1) is 5.02 Å². The number of benzene rings is 2. The highest BCUT2D eigenvalue weighted by Gasteiger charge is 2.17. The van der Waals surface area contributed by atoms with E-state index in [1.54, 1.807) is 6.20 Å². The Morgan fingerprint density at radius 2 is 1.89 bits per heavy atom. The number of nitrogens with one attached hydrogen (secondary N) is 1. The van der Waals surface area contributed by atoms with Crippen LogP contribution in [0.4, 0.5) is 11.5 Å². The number of rotatable bonds is 3. The zero-order valence-corrected chi connectivity index (χ0v) is 16.3. The van der Waals surface area contributed by atoms with Crippen molar-refractivity contribution in [2.45, 2.75) is 38.1 Å². The predicted molar refractivity (Wildman–Crippen MR) is 117 cm³/mol. The molecule has 1 aliphatic rings. The molecular formula is C23H22ClN3O. The average Bonchev–Trinajstić information content (AvgIpc) is 3.12. The first-order chi connectivity index (χ1) is 13.7. The first kappa shape index (κ1) is 17.4. The molecule has 0 amide bonds. The first-order valence-electron chi connectivity index (χ1n) is 9.82. The van der Waals surface area contributed by atoms with Crippen LogP contribution >= 0.6 is 11.6 Å². The molecule has 0 unspecified atom stereocenters. The molecule has 5 rings (SSSR count). The number of nitrogen functional groups attached to an aromatic ring is 1. The fourth-order valence-corrected chi connectivity index (χ4v) is 4.54. The van der Waals surface area contributed by atoms with E-state index in [2.05, 4.69) is 16.4 Å². The summed E-state index contributed by atoms with van der Waals surface area (Å²) >= 11 is 6.63. The largest absolute Gasteiger partial charge is 0.456 e. The number of aromatic nitrogens is 1. The Balaban J connectivity index is 1.65. The number of nitrogens with zero attached hydrogens (tertiary/aromatic N) is 1. The maximum Gasteiger partial charge on any atom is 0.137 e. The van der Waals surface area contributed by atoms with Crippen molar-refractivity contribution >= 4 is 44.8 Å². The standard InChI is InChI=1S/C23H22ClN3O/c24-19-12-16(27-15-7-2-1-3-8-15)11-17-18(13-26-23(25)22(17)19)21-10-14-6-4-5-9-20(14)28-21/h4-6,9-13,15,27H,1-3,7-8H2,(H2,25,26). The Bertz CT molecular complexity index is 1130. The molecule has 3 N–H and O–H groups in total. The molecule has 0 radical (unpaired) electrons. The Morgan fingerprint density at radius 3 is 2.71 bits per heavy atom. The van der Waals surface area contributed by atoms with Crippen molar-refractivity contribution in [2.24, 2.45) is 0 Å². The van der Waals surface area contributed by atoms with E-state index in [-0.39, 0.29) is 0 Å². The Kier molecular flexibility index (Phi) is 4.36. The summed E-state index contributed by atoms with van der Waals surface area (Å²) in [5.74, 6) is 1.20. The highest BCUT2D eigenvalue weighted by atomic mass is 35.5. The molecule has 1 fully saturated rings. The topological polar surface area (TPSA) is 64.1 Å². The van der Waals surface area contributed by atoms with Gasteiger partial charge < -0.3 is 15.5 Å². The highest BCUT2D eigenvalue weighted by molar-refractivity contribution is 6.37. The van der Waals surface area contributed by atoms with E-state index < -0.39 is 0 Å². The molecule has 1 saturated carbocycles. The van der Waals surface area contributed by atoms with Crippen molar-refractivity contribution in [1.29, 1.82) is 0 Å². The van der Waals surface area contributed by atoms with Crippen LogP contribution < -0.4 is 11.1 Å². The molecular weight excluding hydrogens is 370 g/mol. The third kappa shape index (κ3) is 3.08. The minimum absolute atomic E-state index is 0.434. The lowest BCUT2D eigenvalue weighted by atomic mass is 9.95. The van der Waals surface area contributed by atoms with Gasteiger partial charge in [-0.05, 0) is 37.1 Å². The maximum atomic E-state index is 6.63. The van der Waals surface area contributed by atoms with E-state index in [4.69, 9.17) is 21.8 Å². The van der Waals surface area contributed by atoms with Crippen LogP contribution in [-0.2, 0) is 0 Å². The average molecular weight is 392 g/mol. The van der Waals surface area contributed by atoms with Gasteiger partial charge in [0.25, 0.3) is 0 Å². The Morgan fingerprint density at radius 1 is 1.07 bits per heavy atom. The molecule has 2 heterocycles. The lowest BCUT2D eigenvalue weighted by Crippen LogP contribution is -2.22. The number of para-hydroxylation sites is 1. The molecule has 142 valence electrons. The summed E-state index contributed by atoms with van der Waals surface area (Å²) in [4.78, 5) is 4.37. The smallest absolute Gasteiger partial charge is 0.137 e. The summed E-state index contributed by atoms with van der Waals surface area (Å²) in [6, 6.07) is 14.6. The molecule has 2 aromatic carbocycles. The number of furan rings is 1. The summed E-state index contributed by atoms with van der Waals surface area (Å²) in [7, 11) is 0. The summed E-state index contributed by atoms with van der Waals surface area (Å²) in [5.41, 5.74) is 8.94. The quantitative estimate of drug-likeness (QED) is 0.411. The Hall–Kier alpha value is -2.72. The van der Waals surface area contributed by atoms with Gasteiger partial charge in [-0.1, -0.05) is 49.1 Å². The van der Waals surface area contributed by atoms with Gasteiger partial charge in [-0.3, -0.25) is 0 Å². The van der Waals surface area contributed by atoms with Crippen LogP contribution in [-0.4, -0.2) is 11.0 Å². The van der Waals surface area contributed by atoms with E-state index in [1.165, 1.54) is 32.1 Å². The highest BCUT2D eigenvalue weighted by Crippen LogP contribution is 2.39. The second-order valence-electron chi connectivity index (χ2n) is 7.57. The molecule has 2 aromatic heterocycles. The first-order valence-corrected chi connectivity index (χ1v) is 10.2. The lowest BCUT2D eigenvalue weighted by molar-refractivity contribution is 0.463. The van der Waals surface area contributed by atoms with E-state index in [1.807, 2.05) is 36.4 Å². The van der Waals surface area contributed by atoms with Gasteiger partial charge in [0.1, 0.15) is 17.2 Å². The fourth-order valence-electron chi connectivity index (χ4n) is 4.22. The molecule has 5 heteroatoms. The summed E-state index contributed by atoms with van der Waals surface area (Å²) in [6.45, 7) is 0.